The van der Waals surface area contributed by atoms with Crippen molar-refractivity contribution in [2.24, 2.45) is 5.92 Å². The van der Waals surface area contributed by atoms with Crippen LogP contribution < -0.4 is 10.9 Å². The first-order valence-corrected chi connectivity index (χ1v) is 7.16. The zero-order valence-corrected chi connectivity index (χ0v) is 12.5. The molecule has 8 heteroatoms. The van der Waals surface area contributed by atoms with Crippen LogP contribution in [0.2, 0.25) is 0 Å². The van der Waals surface area contributed by atoms with Crippen molar-refractivity contribution in [1.29, 1.82) is 0 Å². The zero-order valence-electron chi connectivity index (χ0n) is 12.5. The van der Waals surface area contributed by atoms with Gasteiger partial charge in [0.25, 0.3) is 0 Å². The van der Waals surface area contributed by atoms with Gasteiger partial charge in [-0.05, 0) is 18.6 Å². The number of hydrogen-bond donors (Lipinski definition) is 3. The van der Waals surface area contributed by atoms with E-state index in [0.717, 1.165) is 19.3 Å². The summed E-state index contributed by atoms with van der Waals surface area (Å²) in [4.78, 5) is 26.1. The number of nitrogens with zero attached hydrogens (tertiary/aromatic N) is 2. The molecule has 3 N–H and O–H groups in total. The van der Waals surface area contributed by atoms with Gasteiger partial charge in [-0.25, -0.2) is 10.0 Å². The Kier molecular flexibility index (Phi) is 7.84. The molecule has 0 saturated heterocycles. The molecule has 0 aliphatic rings. The SMILES string of the molecule is CCCCCC(CN(O)C=O)C(=O)NNc1cccc(F)n1. The average molecular weight is 312 g/mol. The maximum Gasteiger partial charge on any atom is 0.243 e. The number of rotatable bonds is 10. The molecule has 0 fully saturated rings. The fourth-order valence-corrected chi connectivity index (χ4v) is 1.92. The van der Waals surface area contributed by atoms with Crippen molar-refractivity contribution in [3.8, 4) is 0 Å². The standard InChI is InChI=1S/C14H21FN4O3/c1-2-3-4-6-11(9-19(22)10-20)14(21)18-17-13-8-5-7-12(15)16-13/h5,7-8,10-11,22H,2-4,6,9H2,1H3,(H,16,17)(H,18,21). The quantitative estimate of drug-likeness (QED) is 0.201. The number of amides is 2. The Balaban J connectivity index is 2.55. The molecular weight excluding hydrogens is 291 g/mol. The van der Waals surface area contributed by atoms with E-state index in [2.05, 4.69) is 15.8 Å². The minimum atomic E-state index is -0.666. The van der Waals surface area contributed by atoms with Crippen molar-refractivity contribution in [3.63, 3.8) is 0 Å². The first-order valence-electron chi connectivity index (χ1n) is 7.16. The van der Waals surface area contributed by atoms with Crippen molar-refractivity contribution >= 4 is 18.1 Å². The third-order valence-electron chi connectivity index (χ3n) is 3.08. The van der Waals surface area contributed by atoms with Gasteiger partial charge in [0.2, 0.25) is 18.3 Å². The molecule has 0 radical (unpaired) electrons. The molecule has 0 aromatic carbocycles. The third kappa shape index (κ3) is 6.49. The second-order valence-corrected chi connectivity index (χ2v) is 4.88. The van der Waals surface area contributed by atoms with E-state index in [4.69, 9.17) is 0 Å². The van der Waals surface area contributed by atoms with Crippen LogP contribution in [0.4, 0.5) is 10.2 Å². The molecule has 0 aliphatic heterocycles. The molecule has 2 amide bonds. The largest absolute Gasteiger partial charge is 0.286 e. The fourth-order valence-electron chi connectivity index (χ4n) is 1.92. The summed E-state index contributed by atoms with van der Waals surface area (Å²) in [7, 11) is 0. The van der Waals surface area contributed by atoms with Gasteiger partial charge in [-0.15, -0.1) is 0 Å². The summed E-state index contributed by atoms with van der Waals surface area (Å²) < 4.78 is 12.9. The van der Waals surface area contributed by atoms with Crippen LogP contribution in [0.25, 0.3) is 0 Å². The lowest BCUT2D eigenvalue weighted by molar-refractivity contribution is -0.154. The second kappa shape index (κ2) is 9.67. The van der Waals surface area contributed by atoms with Gasteiger partial charge < -0.3 is 0 Å². The molecule has 1 atom stereocenters. The highest BCUT2D eigenvalue weighted by Crippen LogP contribution is 2.11. The van der Waals surface area contributed by atoms with Gasteiger partial charge in [-0.1, -0.05) is 32.3 Å². The van der Waals surface area contributed by atoms with Crippen molar-refractivity contribution in [1.82, 2.24) is 15.5 Å². The van der Waals surface area contributed by atoms with Gasteiger partial charge in [-0.3, -0.25) is 25.6 Å². The monoisotopic (exact) mass is 312 g/mol. The van der Waals surface area contributed by atoms with E-state index in [-0.39, 0.29) is 18.8 Å². The van der Waals surface area contributed by atoms with E-state index in [0.29, 0.717) is 11.5 Å². The molecule has 1 rings (SSSR count). The number of hydrazine groups is 1. The highest BCUT2D eigenvalue weighted by Gasteiger charge is 2.20. The van der Waals surface area contributed by atoms with Gasteiger partial charge >= 0.3 is 0 Å². The van der Waals surface area contributed by atoms with Crippen molar-refractivity contribution in [2.75, 3.05) is 12.0 Å². The van der Waals surface area contributed by atoms with Crippen LogP contribution in [0, 0.1) is 11.9 Å². The molecule has 0 saturated carbocycles. The molecule has 0 aliphatic carbocycles. The van der Waals surface area contributed by atoms with Crippen LogP contribution in [-0.4, -0.2) is 34.1 Å². The fraction of sp³-hybridized carbons (Fsp3) is 0.500. The van der Waals surface area contributed by atoms with E-state index >= 15 is 0 Å². The lowest BCUT2D eigenvalue weighted by atomic mass is 10.0. The minimum absolute atomic E-state index is 0.0999. The smallest absolute Gasteiger partial charge is 0.243 e. The van der Waals surface area contributed by atoms with Crippen LogP contribution in [0.1, 0.15) is 32.6 Å². The maximum atomic E-state index is 12.9. The number of hydrogen-bond acceptors (Lipinski definition) is 5. The average Bonchev–Trinajstić information content (AvgIpc) is 2.51. The summed E-state index contributed by atoms with van der Waals surface area (Å²) in [5, 5.41) is 9.70. The number of unbranched alkanes of at least 4 members (excludes halogenated alkanes) is 2. The van der Waals surface area contributed by atoms with Gasteiger partial charge in [-0.2, -0.15) is 4.39 Å². The molecule has 1 heterocycles. The van der Waals surface area contributed by atoms with E-state index in [1.807, 2.05) is 6.92 Å². The van der Waals surface area contributed by atoms with Crippen LogP contribution in [0.3, 0.4) is 0 Å². The molecule has 1 aromatic heterocycles. The van der Waals surface area contributed by atoms with Crippen LogP contribution in [0.5, 0.6) is 0 Å². The van der Waals surface area contributed by atoms with Gasteiger partial charge in [0.15, 0.2) is 0 Å². The summed E-state index contributed by atoms with van der Waals surface area (Å²) in [6, 6.07) is 4.14. The van der Waals surface area contributed by atoms with E-state index in [1.54, 1.807) is 0 Å². The van der Waals surface area contributed by atoms with E-state index < -0.39 is 17.8 Å². The number of carbonyl (C=O) groups is 2. The molecule has 0 spiro atoms. The second-order valence-electron chi connectivity index (χ2n) is 4.88. The van der Waals surface area contributed by atoms with Crippen LogP contribution in [0.15, 0.2) is 18.2 Å². The molecule has 22 heavy (non-hydrogen) atoms. The van der Waals surface area contributed by atoms with E-state index in [9.17, 15) is 19.2 Å². The van der Waals surface area contributed by atoms with Crippen LogP contribution in [-0.2, 0) is 9.59 Å². The first kappa shape index (κ1) is 17.8. The number of halogens is 1. The molecule has 1 unspecified atom stereocenters. The predicted octanol–water partition coefficient (Wildman–Crippen LogP) is 1.71. The normalized spacial score (nSPS) is 11.6. The van der Waals surface area contributed by atoms with Gasteiger partial charge in [0.05, 0.1) is 12.5 Å². The topological polar surface area (TPSA) is 94.6 Å². The van der Waals surface area contributed by atoms with Gasteiger partial charge in [0.1, 0.15) is 5.82 Å². The highest BCUT2D eigenvalue weighted by molar-refractivity contribution is 5.80. The number of nitrogens with one attached hydrogen (secondary N) is 2. The summed E-state index contributed by atoms with van der Waals surface area (Å²) >= 11 is 0. The summed E-state index contributed by atoms with van der Waals surface area (Å²) in [5.74, 6) is -1.47. The Morgan fingerprint density at radius 3 is 2.91 bits per heavy atom. The Bertz CT molecular complexity index is 487. The molecule has 122 valence electrons. The number of anilines is 1. The Morgan fingerprint density at radius 1 is 1.50 bits per heavy atom. The summed E-state index contributed by atoms with van der Waals surface area (Å²) in [6.45, 7) is 1.94. The highest BCUT2D eigenvalue weighted by atomic mass is 19.1. The molecule has 0 bridgehead atoms. The lowest BCUT2D eigenvalue weighted by Crippen LogP contribution is -2.40. The molecule has 7 nitrogen and oxygen atoms in total. The first-order chi connectivity index (χ1) is 10.6. The van der Waals surface area contributed by atoms with Crippen molar-refractivity contribution in [2.45, 2.75) is 32.6 Å². The van der Waals surface area contributed by atoms with Crippen molar-refractivity contribution < 1.29 is 19.2 Å². The molecular formula is C14H21FN4O3. The Morgan fingerprint density at radius 2 is 2.27 bits per heavy atom. The van der Waals surface area contributed by atoms with E-state index in [1.165, 1.54) is 18.2 Å². The number of carbonyl (C=O) groups excluding carboxylic acids is 2. The lowest BCUT2D eigenvalue weighted by Gasteiger charge is -2.19. The number of pyridine rings is 1. The van der Waals surface area contributed by atoms with Crippen molar-refractivity contribution in [3.05, 3.63) is 24.1 Å². The number of hydroxylamine groups is 2. The molecule has 1 aromatic rings. The predicted molar refractivity (Wildman–Crippen MR) is 78.1 cm³/mol. The summed E-state index contributed by atoms with van der Waals surface area (Å²) in [5.41, 5.74) is 4.92. The zero-order chi connectivity index (χ0) is 16.4. The number of aromatic nitrogens is 1. The van der Waals surface area contributed by atoms with Crippen LogP contribution >= 0.6 is 0 Å². The Hall–Kier alpha value is -2.22. The maximum absolute atomic E-state index is 12.9. The summed E-state index contributed by atoms with van der Waals surface area (Å²) in [6.07, 6.45) is 3.54. The minimum Gasteiger partial charge on any atom is -0.286 e. The third-order valence-corrected chi connectivity index (χ3v) is 3.08. The Labute approximate surface area is 128 Å². The van der Waals surface area contributed by atoms with Gasteiger partial charge in [0, 0.05) is 0 Å².